The summed E-state index contributed by atoms with van der Waals surface area (Å²) in [6.07, 6.45) is 1.06. The van der Waals surface area contributed by atoms with E-state index in [-0.39, 0.29) is 4.83 Å². The van der Waals surface area contributed by atoms with E-state index >= 15 is 0 Å². The Labute approximate surface area is 126 Å². The van der Waals surface area contributed by atoms with Gasteiger partial charge >= 0.3 is 0 Å². The minimum absolute atomic E-state index is 0.137. The van der Waals surface area contributed by atoms with E-state index in [2.05, 4.69) is 47.1 Å². The average Bonchev–Trinajstić information content (AvgIpc) is 2.41. The summed E-state index contributed by atoms with van der Waals surface area (Å²) in [6.45, 7) is 2.15. The van der Waals surface area contributed by atoms with Crippen molar-refractivity contribution in [2.45, 2.75) is 18.2 Å². The van der Waals surface area contributed by atoms with Gasteiger partial charge in [0.05, 0.1) is 14.9 Å². The van der Waals surface area contributed by atoms with Crippen molar-refractivity contribution in [2.24, 2.45) is 0 Å². The van der Waals surface area contributed by atoms with Gasteiger partial charge in [-0.05, 0) is 35.2 Å². The zero-order chi connectivity index (χ0) is 13.1. The van der Waals surface area contributed by atoms with Crippen LogP contribution in [0.3, 0.4) is 0 Å². The van der Waals surface area contributed by atoms with Crippen molar-refractivity contribution >= 4 is 39.1 Å². The molecule has 0 saturated heterocycles. The van der Waals surface area contributed by atoms with E-state index < -0.39 is 0 Å². The third-order valence-corrected chi connectivity index (χ3v) is 4.71. The standard InChI is InChI=1S/C15H13BrCl2/c1-2-10-3-5-11(6-4-10)15(16)12-7-8-13(17)14(18)9-12/h3-9,15H,2H2,1H3. The molecule has 0 radical (unpaired) electrons. The van der Waals surface area contributed by atoms with Gasteiger partial charge in [-0.15, -0.1) is 0 Å². The fourth-order valence-electron chi connectivity index (χ4n) is 1.78. The molecule has 0 heterocycles. The van der Waals surface area contributed by atoms with Crippen LogP contribution in [0, 0.1) is 0 Å². The summed E-state index contributed by atoms with van der Waals surface area (Å²) < 4.78 is 0. The zero-order valence-corrected chi connectivity index (χ0v) is 13.1. The molecule has 94 valence electrons. The molecular formula is C15H13BrCl2. The highest BCUT2D eigenvalue weighted by Crippen LogP contribution is 2.34. The lowest BCUT2D eigenvalue weighted by molar-refractivity contribution is 1.11. The second-order valence-corrected chi connectivity index (χ2v) is 5.86. The number of rotatable bonds is 3. The van der Waals surface area contributed by atoms with Gasteiger partial charge in [-0.3, -0.25) is 0 Å². The zero-order valence-electron chi connectivity index (χ0n) is 9.96. The van der Waals surface area contributed by atoms with Crippen LogP contribution in [0.25, 0.3) is 0 Å². The lowest BCUT2D eigenvalue weighted by Gasteiger charge is -2.12. The van der Waals surface area contributed by atoms with Crippen LogP contribution in [-0.4, -0.2) is 0 Å². The first-order chi connectivity index (χ1) is 8.61. The Hall–Kier alpha value is -0.500. The molecule has 0 fully saturated rings. The molecule has 2 rings (SSSR count). The summed E-state index contributed by atoms with van der Waals surface area (Å²) in [5.74, 6) is 0. The van der Waals surface area contributed by atoms with Crippen molar-refractivity contribution in [3.05, 3.63) is 69.2 Å². The van der Waals surface area contributed by atoms with Gasteiger partial charge in [0, 0.05) is 0 Å². The summed E-state index contributed by atoms with van der Waals surface area (Å²) in [6, 6.07) is 14.3. The van der Waals surface area contributed by atoms with Gasteiger partial charge in [-0.2, -0.15) is 0 Å². The highest BCUT2D eigenvalue weighted by atomic mass is 79.9. The first kappa shape index (κ1) is 13.9. The first-order valence-corrected chi connectivity index (χ1v) is 7.47. The third kappa shape index (κ3) is 3.09. The fourth-order valence-corrected chi connectivity index (χ4v) is 2.68. The molecule has 0 amide bonds. The minimum atomic E-state index is 0.137. The molecular weight excluding hydrogens is 331 g/mol. The van der Waals surface area contributed by atoms with E-state index in [1.165, 1.54) is 11.1 Å². The lowest BCUT2D eigenvalue weighted by Crippen LogP contribution is -1.93. The monoisotopic (exact) mass is 342 g/mol. The molecule has 1 atom stereocenters. The van der Waals surface area contributed by atoms with Crippen LogP contribution in [0.4, 0.5) is 0 Å². The summed E-state index contributed by atoms with van der Waals surface area (Å²) in [7, 11) is 0. The Bertz CT molecular complexity index is 535. The Morgan fingerprint density at radius 3 is 2.11 bits per heavy atom. The van der Waals surface area contributed by atoms with Crippen molar-refractivity contribution < 1.29 is 0 Å². The van der Waals surface area contributed by atoms with Crippen molar-refractivity contribution in [1.29, 1.82) is 0 Å². The summed E-state index contributed by atoms with van der Waals surface area (Å²) in [4.78, 5) is 0.137. The second-order valence-electron chi connectivity index (χ2n) is 4.13. The maximum atomic E-state index is 6.04. The topological polar surface area (TPSA) is 0 Å². The summed E-state index contributed by atoms with van der Waals surface area (Å²) in [5, 5.41) is 1.17. The number of hydrogen-bond donors (Lipinski definition) is 0. The molecule has 0 aliphatic rings. The van der Waals surface area contributed by atoms with Crippen molar-refractivity contribution in [2.75, 3.05) is 0 Å². The summed E-state index contributed by atoms with van der Waals surface area (Å²) >= 11 is 15.7. The lowest BCUT2D eigenvalue weighted by atomic mass is 10.0. The molecule has 3 heteroatoms. The molecule has 2 aromatic carbocycles. The molecule has 0 aliphatic carbocycles. The smallest absolute Gasteiger partial charge is 0.0645 e. The highest BCUT2D eigenvalue weighted by Gasteiger charge is 2.11. The Balaban J connectivity index is 2.28. The number of halogens is 3. The number of benzene rings is 2. The second kappa shape index (κ2) is 6.10. The maximum absolute atomic E-state index is 6.04. The third-order valence-electron chi connectivity index (χ3n) is 2.92. The normalized spacial score (nSPS) is 12.4. The maximum Gasteiger partial charge on any atom is 0.0645 e. The van der Waals surface area contributed by atoms with Crippen molar-refractivity contribution in [3.8, 4) is 0 Å². The number of hydrogen-bond acceptors (Lipinski definition) is 0. The molecule has 18 heavy (non-hydrogen) atoms. The fraction of sp³-hybridized carbons (Fsp3) is 0.200. The van der Waals surface area contributed by atoms with E-state index in [9.17, 15) is 0 Å². The van der Waals surface area contributed by atoms with E-state index in [0.29, 0.717) is 10.0 Å². The molecule has 2 aromatic rings. The molecule has 0 saturated carbocycles. The number of alkyl halides is 1. The molecule has 0 aromatic heterocycles. The first-order valence-electron chi connectivity index (χ1n) is 5.79. The molecule has 1 unspecified atom stereocenters. The van der Waals surface area contributed by atoms with Crippen LogP contribution in [0.1, 0.15) is 28.4 Å². The van der Waals surface area contributed by atoms with Gasteiger partial charge < -0.3 is 0 Å². The predicted octanol–water partition coefficient (Wildman–Crippen LogP) is 6.04. The number of aryl methyl sites for hydroxylation is 1. The van der Waals surface area contributed by atoms with Crippen LogP contribution in [-0.2, 0) is 6.42 Å². The van der Waals surface area contributed by atoms with Crippen molar-refractivity contribution in [1.82, 2.24) is 0 Å². The Kier molecular flexibility index (Phi) is 4.71. The quantitative estimate of drug-likeness (QED) is 0.596. The predicted molar refractivity (Wildman–Crippen MR) is 83.1 cm³/mol. The van der Waals surface area contributed by atoms with E-state index in [1.54, 1.807) is 0 Å². The Morgan fingerprint density at radius 1 is 0.944 bits per heavy atom. The minimum Gasteiger partial charge on any atom is -0.0827 e. The molecule has 0 spiro atoms. The molecule has 0 N–H and O–H groups in total. The van der Waals surface area contributed by atoms with Crippen LogP contribution >= 0.6 is 39.1 Å². The van der Waals surface area contributed by atoms with Gasteiger partial charge in [0.1, 0.15) is 0 Å². The molecule has 0 bridgehead atoms. The van der Waals surface area contributed by atoms with Crippen LogP contribution in [0.2, 0.25) is 10.0 Å². The van der Waals surface area contributed by atoms with Gasteiger partial charge in [-0.25, -0.2) is 0 Å². The van der Waals surface area contributed by atoms with Gasteiger partial charge in [0.15, 0.2) is 0 Å². The van der Waals surface area contributed by atoms with Crippen molar-refractivity contribution in [3.63, 3.8) is 0 Å². The van der Waals surface area contributed by atoms with E-state index in [1.807, 2.05) is 18.2 Å². The van der Waals surface area contributed by atoms with Gasteiger partial charge in [0.25, 0.3) is 0 Å². The average molecular weight is 344 g/mol. The summed E-state index contributed by atoms with van der Waals surface area (Å²) in [5.41, 5.74) is 3.66. The van der Waals surface area contributed by atoms with Crippen LogP contribution in [0.5, 0.6) is 0 Å². The molecule has 0 aliphatic heterocycles. The largest absolute Gasteiger partial charge is 0.0827 e. The van der Waals surface area contributed by atoms with E-state index in [4.69, 9.17) is 23.2 Å². The van der Waals surface area contributed by atoms with Crippen LogP contribution < -0.4 is 0 Å². The Morgan fingerprint density at radius 2 is 1.56 bits per heavy atom. The van der Waals surface area contributed by atoms with Crippen LogP contribution in [0.15, 0.2) is 42.5 Å². The highest BCUT2D eigenvalue weighted by molar-refractivity contribution is 9.09. The molecule has 0 nitrogen and oxygen atoms in total. The van der Waals surface area contributed by atoms with E-state index in [0.717, 1.165) is 12.0 Å². The SMILES string of the molecule is CCc1ccc(C(Br)c2ccc(Cl)c(Cl)c2)cc1. The van der Waals surface area contributed by atoms with Gasteiger partial charge in [0.2, 0.25) is 0 Å². The van der Waals surface area contributed by atoms with Gasteiger partial charge in [-0.1, -0.05) is 76.4 Å².